The Hall–Kier alpha value is -2.01. The Balaban J connectivity index is 3.14. The summed E-state index contributed by atoms with van der Waals surface area (Å²) >= 11 is 0. The maximum Gasteiger partial charge on any atom is 0.158 e. The van der Waals surface area contributed by atoms with Gasteiger partial charge in [0.05, 0.1) is 0 Å². The maximum absolute atomic E-state index is 11.5. The van der Waals surface area contributed by atoms with Crippen molar-refractivity contribution in [1.29, 1.82) is 0 Å². The summed E-state index contributed by atoms with van der Waals surface area (Å²) in [5.41, 5.74) is 7.95. The quantitative estimate of drug-likeness (QED) is 0.618. The summed E-state index contributed by atoms with van der Waals surface area (Å²) in [5, 5.41) is 0. The molecule has 0 spiro atoms. The lowest BCUT2D eigenvalue weighted by Gasteiger charge is -2.06. The van der Waals surface area contributed by atoms with Crippen molar-refractivity contribution in [1.82, 2.24) is 0 Å². The van der Waals surface area contributed by atoms with Crippen LogP contribution in [0.5, 0.6) is 0 Å². The number of rotatable bonds is 3. The summed E-state index contributed by atoms with van der Waals surface area (Å²) < 4.78 is 0. The molecule has 0 aliphatic heterocycles. The van der Waals surface area contributed by atoms with Gasteiger partial charge >= 0.3 is 0 Å². The van der Waals surface area contributed by atoms with Gasteiger partial charge in [-0.05, 0) is 19.4 Å². The fourth-order valence-corrected chi connectivity index (χ4v) is 1.38. The molecule has 0 radical (unpaired) electrons. The Kier molecular flexibility index (Phi) is 4.35. The van der Waals surface area contributed by atoms with E-state index in [1.54, 1.807) is 6.92 Å². The van der Waals surface area contributed by atoms with Gasteiger partial charge in [-0.2, -0.15) is 0 Å². The van der Waals surface area contributed by atoms with E-state index in [4.69, 9.17) is 5.73 Å². The monoisotopic (exact) mass is 213 g/mol. The van der Waals surface area contributed by atoms with Gasteiger partial charge < -0.3 is 5.73 Å². The Morgan fingerprint density at radius 2 is 1.94 bits per heavy atom. The van der Waals surface area contributed by atoms with Crippen molar-refractivity contribution in [2.45, 2.75) is 20.3 Å². The molecule has 0 amide bonds. The van der Waals surface area contributed by atoms with Crippen molar-refractivity contribution < 1.29 is 4.79 Å². The minimum atomic E-state index is -0.0240. The first kappa shape index (κ1) is 12.1. The lowest BCUT2D eigenvalue weighted by atomic mass is 10.0. The summed E-state index contributed by atoms with van der Waals surface area (Å²) in [4.78, 5) is 11.5. The fraction of sp³-hybridized carbons (Fsp3) is 0.214. The molecule has 0 saturated carbocycles. The van der Waals surface area contributed by atoms with E-state index in [-0.39, 0.29) is 5.78 Å². The SMILES string of the molecule is CC#CC/C(C(C)=O)=C(/N)c1ccccc1. The topological polar surface area (TPSA) is 43.1 Å². The highest BCUT2D eigenvalue weighted by Crippen LogP contribution is 2.16. The number of benzene rings is 1. The largest absolute Gasteiger partial charge is 0.398 e. The van der Waals surface area contributed by atoms with Gasteiger partial charge in [0.15, 0.2) is 5.78 Å². The second kappa shape index (κ2) is 5.77. The zero-order valence-corrected chi connectivity index (χ0v) is 9.58. The molecule has 2 N–H and O–H groups in total. The molecule has 0 aromatic heterocycles. The summed E-state index contributed by atoms with van der Waals surface area (Å²) in [7, 11) is 0. The minimum Gasteiger partial charge on any atom is -0.398 e. The van der Waals surface area contributed by atoms with Gasteiger partial charge in [0.1, 0.15) is 0 Å². The van der Waals surface area contributed by atoms with E-state index < -0.39 is 0 Å². The lowest BCUT2D eigenvalue weighted by molar-refractivity contribution is -0.113. The third kappa shape index (κ3) is 2.99. The molecule has 1 aromatic carbocycles. The van der Waals surface area contributed by atoms with Crippen molar-refractivity contribution >= 4 is 11.5 Å². The Morgan fingerprint density at radius 1 is 1.31 bits per heavy atom. The summed E-state index contributed by atoms with van der Waals surface area (Å²) in [5.74, 6) is 5.62. The van der Waals surface area contributed by atoms with E-state index in [1.165, 1.54) is 6.92 Å². The zero-order chi connectivity index (χ0) is 12.0. The van der Waals surface area contributed by atoms with Gasteiger partial charge in [0.25, 0.3) is 0 Å². The average molecular weight is 213 g/mol. The third-order valence-electron chi connectivity index (χ3n) is 2.28. The average Bonchev–Trinajstić information content (AvgIpc) is 2.30. The van der Waals surface area contributed by atoms with Gasteiger partial charge in [0.2, 0.25) is 0 Å². The molecule has 0 bridgehead atoms. The van der Waals surface area contributed by atoms with Crippen LogP contribution in [0.4, 0.5) is 0 Å². The van der Waals surface area contributed by atoms with Crippen LogP contribution < -0.4 is 5.73 Å². The van der Waals surface area contributed by atoms with Crippen LogP contribution in [0.2, 0.25) is 0 Å². The maximum atomic E-state index is 11.5. The summed E-state index contributed by atoms with van der Waals surface area (Å²) in [6, 6.07) is 9.47. The van der Waals surface area contributed by atoms with Crippen LogP contribution in [0.25, 0.3) is 5.70 Å². The Labute approximate surface area is 96.2 Å². The predicted octanol–water partition coefficient (Wildman–Crippen LogP) is 2.36. The van der Waals surface area contributed by atoms with Crippen LogP contribution in [0.15, 0.2) is 35.9 Å². The Bertz CT molecular complexity index is 461. The van der Waals surface area contributed by atoms with E-state index in [1.807, 2.05) is 30.3 Å². The zero-order valence-electron chi connectivity index (χ0n) is 9.58. The molecule has 1 rings (SSSR count). The van der Waals surface area contributed by atoms with Crippen LogP contribution in [0, 0.1) is 11.8 Å². The van der Waals surface area contributed by atoms with E-state index in [0.717, 1.165) is 5.56 Å². The fourth-order valence-electron chi connectivity index (χ4n) is 1.38. The van der Waals surface area contributed by atoms with Crippen LogP contribution >= 0.6 is 0 Å². The van der Waals surface area contributed by atoms with Crippen LogP contribution in [-0.4, -0.2) is 5.78 Å². The smallest absolute Gasteiger partial charge is 0.158 e. The molecular formula is C14H15NO. The van der Waals surface area contributed by atoms with Crippen LogP contribution in [-0.2, 0) is 4.79 Å². The van der Waals surface area contributed by atoms with Crippen LogP contribution in [0.3, 0.4) is 0 Å². The molecule has 16 heavy (non-hydrogen) atoms. The molecule has 82 valence electrons. The molecule has 0 unspecified atom stereocenters. The van der Waals surface area contributed by atoms with Gasteiger partial charge in [-0.25, -0.2) is 0 Å². The molecule has 0 aliphatic carbocycles. The number of hydrogen-bond donors (Lipinski definition) is 1. The first-order chi connectivity index (χ1) is 7.66. The number of ketones is 1. The van der Waals surface area contributed by atoms with E-state index in [0.29, 0.717) is 17.7 Å². The minimum absolute atomic E-state index is 0.0240. The molecular weight excluding hydrogens is 198 g/mol. The van der Waals surface area contributed by atoms with E-state index >= 15 is 0 Å². The number of nitrogens with two attached hydrogens (primary N) is 1. The van der Waals surface area contributed by atoms with Gasteiger partial charge in [0, 0.05) is 17.7 Å². The molecule has 0 fully saturated rings. The number of carbonyl (C=O) groups excluding carboxylic acids is 1. The molecule has 0 aliphatic rings. The molecule has 0 heterocycles. The highest BCUT2D eigenvalue weighted by molar-refractivity contribution is 6.00. The molecule has 2 heteroatoms. The highest BCUT2D eigenvalue weighted by atomic mass is 16.1. The summed E-state index contributed by atoms with van der Waals surface area (Å²) in [6.07, 6.45) is 0.409. The van der Waals surface area contributed by atoms with Crippen molar-refractivity contribution in [2.24, 2.45) is 5.73 Å². The lowest BCUT2D eigenvalue weighted by Crippen LogP contribution is -2.07. The highest BCUT2D eigenvalue weighted by Gasteiger charge is 2.09. The van der Waals surface area contributed by atoms with Gasteiger partial charge in [-0.1, -0.05) is 36.3 Å². The first-order valence-corrected chi connectivity index (χ1v) is 5.11. The van der Waals surface area contributed by atoms with Crippen molar-refractivity contribution in [3.8, 4) is 11.8 Å². The van der Waals surface area contributed by atoms with Crippen molar-refractivity contribution in [3.63, 3.8) is 0 Å². The normalized spacial score (nSPS) is 11.1. The molecule has 1 aromatic rings. The third-order valence-corrected chi connectivity index (χ3v) is 2.28. The second-order valence-corrected chi connectivity index (χ2v) is 3.42. The predicted molar refractivity (Wildman–Crippen MR) is 66.3 cm³/mol. The van der Waals surface area contributed by atoms with Gasteiger partial charge in [-0.15, -0.1) is 5.92 Å². The number of Topliss-reactive ketones (excluding diaryl/α,β-unsaturated/α-hetero) is 1. The van der Waals surface area contributed by atoms with Gasteiger partial charge in [-0.3, -0.25) is 4.79 Å². The molecule has 2 nitrogen and oxygen atoms in total. The number of carbonyl (C=O) groups is 1. The number of hydrogen-bond acceptors (Lipinski definition) is 2. The number of allylic oxidation sites excluding steroid dienone is 1. The molecule has 0 atom stereocenters. The molecule has 0 saturated heterocycles. The second-order valence-electron chi connectivity index (χ2n) is 3.42. The first-order valence-electron chi connectivity index (χ1n) is 5.11. The Morgan fingerprint density at radius 3 is 2.44 bits per heavy atom. The standard InChI is InChI=1S/C14H15NO/c1-3-4-10-13(11(2)16)14(15)12-8-6-5-7-9-12/h5-9H,10,15H2,1-2H3/b14-13-. The van der Waals surface area contributed by atoms with Crippen LogP contribution in [0.1, 0.15) is 25.8 Å². The summed E-state index contributed by atoms with van der Waals surface area (Å²) in [6.45, 7) is 3.26. The van der Waals surface area contributed by atoms with Crippen molar-refractivity contribution in [2.75, 3.05) is 0 Å². The van der Waals surface area contributed by atoms with Crippen molar-refractivity contribution in [3.05, 3.63) is 41.5 Å². The van der Waals surface area contributed by atoms with E-state index in [2.05, 4.69) is 11.8 Å². The van der Waals surface area contributed by atoms with E-state index in [9.17, 15) is 4.79 Å².